The van der Waals surface area contributed by atoms with Gasteiger partial charge in [-0.05, 0) is 31.8 Å². The molecule has 0 saturated carbocycles. The number of carbonyl (C=O) groups is 1. The Morgan fingerprint density at radius 2 is 1.84 bits per heavy atom. The van der Waals surface area contributed by atoms with Gasteiger partial charge in [-0.15, -0.1) is 0 Å². The highest BCUT2D eigenvalue weighted by Gasteiger charge is 2.39. The van der Waals surface area contributed by atoms with Crippen molar-refractivity contribution in [2.45, 2.75) is 51.7 Å². The highest BCUT2D eigenvalue weighted by atomic mass is 19.4. The second-order valence-corrected chi connectivity index (χ2v) is 7.03. The number of aryl methyl sites for hydroxylation is 1. The number of nitrogens with one attached hydrogen (secondary N) is 1. The molecule has 1 N–H and O–H groups in total. The summed E-state index contributed by atoms with van der Waals surface area (Å²) >= 11 is 0. The molecule has 1 saturated heterocycles. The van der Waals surface area contributed by atoms with Crippen LogP contribution in [0.1, 0.15) is 55.6 Å². The van der Waals surface area contributed by atoms with Gasteiger partial charge in [0.2, 0.25) is 0 Å². The van der Waals surface area contributed by atoms with Crippen molar-refractivity contribution in [3.8, 4) is 0 Å². The third-order valence-corrected chi connectivity index (χ3v) is 4.69. The smallest absolute Gasteiger partial charge is 0.350 e. The molecule has 0 spiro atoms. The SMILES string of the molecule is CC(C)[C@@H](CNC(=O)c1cn(C)nc1C(F)(F)F)N1CCCCCC1. The summed E-state index contributed by atoms with van der Waals surface area (Å²) in [6.07, 6.45) is 1.14. The Balaban J connectivity index is 2.06. The van der Waals surface area contributed by atoms with E-state index in [4.69, 9.17) is 0 Å². The van der Waals surface area contributed by atoms with Crippen molar-refractivity contribution in [2.24, 2.45) is 13.0 Å². The van der Waals surface area contributed by atoms with Crippen molar-refractivity contribution in [1.82, 2.24) is 20.0 Å². The molecule has 142 valence electrons. The van der Waals surface area contributed by atoms with Crippen molar-refractivity contribution in [3.63, 3.8) is 0 Å². The van der Waals surface area contributed by atoms with E-state index in [1.54, 1.807) is 0 Å². The van der Waals surface area contributed by atoms with Gasteiger partial charge in [0.1, 0.15) is 0 Å². The Morgan fingerprint density at radius 3 is 2.36 bits per heavy atom. The van der Waals surface area contributed by atoms with Gasteiger partial charge >= 0.3 is 6.18 Å². The lowest BCUT2D eigenvalue weighted by Crippen LogP contribution is -2.47. The number of likely N-dealkylation sites (tertiary alicyclic amines) is 1. The Labute approximate surface area is 146 Å². The predicted molar refractivity (Wildman–Crippen MR) is 89.2 cm³/mol. The highest BCUT2D eigenvalue weighted by molar-refractivity contribution is 5.95. The third-order valence-electron chi connectivity index (χ3n) is 4.69. The summed E-state index contributed by atoms with van der Waals surface area (Å²) in [6, 6.07) is 0.119. The molecule has 5 nitrogen and oxygen atoms in total. The normalized spacial score (nSPS) is 18.2. The molecule has 1 aliphatic heterocycles. The highest BCUT2D eigenvalue weighted by Crippen LogP contribution is 2.30. The van der Waals surface area contributed by atoms with Gasteiger partial charge < -0.3 is 5.32 Å². The third kappa shape index (κ3) is 5.20. The minimum Gasteiger partial charge on any atom is -0.350 e. The first-order chi connectivity index (χ1) is 11.7. The van der Waals surface area contributed by atoms with Crippen LogP contribution in [0.15, 0.2) is 6.20 Å². The van der Waals surface area contributed by atoms with E-state index in [9.17, 15) is 18.0 Å². The number of rotatable bonds is 5. The summed E-state index contributed by atoms with van der Waals surface area (Å²) in [7, 11) is 1.38. The Morgan fingerprint density at radius 1 is 1.24 bits per heavy atom. The molecule has 1 aromatic heterocycles. The summed E-state index contributed by atoms with van der Waals surface area (Å²) in [6.45, 7) is 6.43. The molecule has 1 aliphatic rings. The van der Waals surface area contributed by atoms with Crippen LogP contribution in [-0.2, 0) is 13.2 Å². The second-order valence-electron chi connectivity index (χ2n) is 7.03. The van der Waals surface area contributed by atoms with E-state index < -0.39 is 23.3 Å². The number of hydrogen-bond donors (Lipinski definition) is 1. The van der Waals surface area contributed by atoms with Crippen LogP contribution in [-0.4, -0.2) is 46.3 Å². The van der Waals surface area contributed by atoms with Crippen LogP contribution < -0.4 is 5.32 Å². The lowest BCUT2D eigenvalue weighted by atomic mass is 10.0. The molecule has 0 aromatic carbocycles. The topological polar surface area (TPSA) is 50.2 Å². The monoisotopic (exact) mass is 360 g/mol. The fourth-order valence-electron chi connectivity index (χ4n) is 3.37. The maximum absolute atomic E-state index is 13.0. The molecule has 8 heteroatoms. The van der Waals surface area contributed by atoms with E-state index in [-0.39, 0.29) is 6.04 Å². The lowest BCUT2D eigenvalue weighted by Gasteiger charge is -2.33. The minimum absolute atomic E-state index is 0.119. The van der Waals surface area contributed by atoms with Gasteiger partial charge in [-0.25, -0.2) is 0 Å². The first kappa shape index (κ1) is 19.8. The number of amides is 1. The van der Waals surface area contributed by atoms with E-state index in [1.807, 2.05) is 0 Å². The van der Waals surface area contributed by atoms with Gasteiger partial charge in [0.05, 0.1) is 5.56 Å². The molecule has 1 atom stereocenters. The Kier molecular flexibility index (Phi) is 6.48. The van der Waals surface area contributed by atoms with E-state index in [1.165, 1.54) is 19.9 Å². The molecule has 1 amide bonds. The molecule has 2 heterocycles. The van der Waals surface area contributed by atoms with Crippen molar-refractivity contribution < 1.29 is 18.0 Å². The maximum atomic E-state index is 13.0. The Hall–Kier alpha value is -1.57. The van der Waals surface area contributed by atoms with Gasteiger partial charge in [-0.1, -0.05) is 26.7 Å². The number of nitrogens with zero attached hydrogens (tertiary/aromatic N) is 3. The molecule has 25 heavy (non-hydrogen) atoms. The van der Waals surface area contributed by atoms with Gasteiger partial charge in [-0.2, -0.15) is 18.3 Å². The fraction of sp³-hybridized carbons (Fsp3) is 0.765. The quantitative estimate of drug-likeness (QED) is 0.878. The van der Waals surface area contributed by atoms with Crippen LogP contribution in [0.5, 0.6) is 0 Å². The summed E-state index contributed by atoms with van der Waals surface area (Å²) in [4.78, 5) is 14.7. The summed E-state index contributed by atoms with van der Waals surface area (Å²) in [5.41, 5.74) is -1.56. The molecule has 1 aromatic rings. The average Bonchev–Trinajstić information content (AvgIpc) is 2.74. The zero-order valence-electron chi connectivity index (χ0n) is 15.1. The minimum atomic E-state index is -4.64. The largest absolute Gasteiger partial charge is 0.435 e. The molecule has 2 rings (SSSR count). The Bertz CT molecular complexity index is 575. The molecule has 0 unspecified atom stereocenters. The molecular formula is C17H27F3N4O. The van der Waals surface area contributed by atoms with Crippen molar-refractivity contribution in [1.29, 1.82) is 0 Å². The van der Waals surface area contributed by atoms with Crippen LogP contribution in [0.2, 0.25) is 0 Å². The van der Waals surface area contributed by atoms with E-state index in [0.29, 0.717) is 12.5 Å². The number of carbonyl (C=O) groups excluding carboxylic acids is 1. The van der Waals surface area contributed by atoms with Crippen molar-refractivity contribution in [2.75, 3.05) is 19.6 Å². The van der Waals surface area contributed by atoms with Crippen LogP contribution in [0, 0.1) is 5.92 Å². The van der Waals surface area contributed by atoms with E-state index >= 15 is 0 Å². The standard InChI is InChI=1S/C17H27F3N4O/c1-12(2)14(24-8-6-4-5-7-9-24)10-21-16(25)13-11-23(3)22-15(13)17(18,19)20/h11-12,14H,4-10H2,1-3H3,(H,21,25)/t14-/m1/s1. The van der Waals surface area contributed by atoms with Gasteiger partial charge in [0.25, 0.3) is 5.91 Å². The van der Waals surface area contributed by atoms with E-state index in [0.717, 1.165) is 36.8 Å². The van der Waals surface area contributed by atoms with Crippen molar-refractivity contribution >= 4 is 5.91 Å². The number of alkyl halides is 3. The molecular weight excluding hydrogens is 333 g/mol. The molecule has 0 bridgehead atoms. The zero-order valence-corrected chi connectivity index (χ0v) is 15.1. The first-order valence-electron chi connectivity index (χ1n) is 8.83. The number of hydrogen-bond acceptors (Lipinski definition) is 3. The van der Waals surface area contributed by atoms with Crippen LogP contribution in [0.25, 0.3) is 0 Å². The fourth-order valence-corrected chi connectivity index (χ4v) is 3.37. The summed E-state index contributed by atoms with van der Waals surface area (Å²) in [5.74, 6) is -0.421. The molecule has 0 aliphatic carbocycles. The first-order valence-corrected chi connectivity index (χ1v) is 8.83. The lowest BCUT2D eigenvalue weighted by molar-refractivity contribution is -0.141. The summed E-state index contributed by atoms with van der Waals surface area (Å²) in [5, 5.41) is 6.08. The van der Waals surface area contributed by atoms with Gasteiger partial charge in [0.15, 0.2) is 5.69 Å². The number of aromatic nitrogens is 2. The number of halogens is 3. The van der Waals surface area contributed by atoms with Crippen molar-refractivity contribution in [3.05, 3.63) is 17.5 Å². The van der Waals surface area contributed by atoms with Crippen LogP contribution >= 0.6 is 0 Å². The molecule has 0 radical (unpaired) electrons. The van der Waals surface area contributed by atoms with Crippen LogP contribution in [0.3, 0.4) is 0 Å². The summed E-state index contributed by atoms with van der Waals surface area (Å²) < 4.78 is 40.1. The predicted octanol–water partition coefficient (Wildman–Crippen LogP) is 3.07. The second kappa shape index (κ2) is 8.21. The average molecular weight is 360 g/mol. The maximum Gasteiger partial charge on any atom is 0.435 e. The van der Waals surface area contributed by atoms with Crippen LogP contribution in [0.4, 0.5) is 13.2 Å². The zero-order chi connectivity index (χ0) is 18.6. The van der Waals surface area contributed by atoms with Gasteiger partial charge in [-0.3, -0.25) is 14.4 Å². The molecule has 1 fully saturated rings. The van der Waals surface area contributed by atoms with Gasteiger partial charge in [0, 0.05) is 25.8 Å². The van der Waals surface area contributed by atoms with E-state index in [2.05, 4.69) is 29.2 Å².